The molecule has 3 aromatic heterocycles. The molecule has 0 atom stereocenters. The number of hydrogen-bond donors (Lipinski definition) is 1. The van der Waals surface area contributed by atoms with Gasteiger partial charge in [0.05, 0.1) is 12.3 Å². The summed E-state index contributed by atoms with van der Waals surface area (Å²) in [7, 11) is 0. The maximum atomic E-state index is 12.8. The van der Waals surface area contributed by atoms with Crippen molar-refractivity contribution in [1.29, 1.82) is 0 Å². The van der Waals surface area contributed by atoms with Crippen LogP contribution in [0.4, 0.5) is 0 Å². The molecular weight excluding hydrogens is 394 g/mol. The number of ether oxygens (including phenoxy) is 1. The number of nitrogens with zero attached hydrogens (tertiary/aromatic N) is 4. The topological polar surface area (TPSA) is 90.5 Å². The lowest BCUT2D eigenvalue weighted by molar-refractivity contribution is -0.121. The molecule has 31 heavy (non-hydrogen) atoms. The van der Waals surface area contributed by atoms with E-state index in [0.717, 1.165) is 16.9 Å². The molecule has 0 spiro atoms. The molecule has 0 fully saturated rings. The molecule has 0 saturated carbocycles. The SMILES string of the molecule is CCOc1ccc(-c2cc3c(=O)n(CCC(=O)NCc4ccncc4)ccn3n2)cc1. The highest BCUT2D eigenvalue weighted by Crippen LogP contribution is 2.21. The van der Waals surface area contributed by atoms with Gasteiger partial charge in [-0.1, -0.05) is 0 Å². The van der Waals surface area contributed by atoms with Gasteiger partial charge in [0, 0.05) is 49.9 Å². The molecule has 8 nitrogen and oxygen atoms in total. The van der Waals surface area contributed by atoms with Crippen LogP contribution in [-0.2, 0) is 17.9 Å². The maximum Gasteiger partial charge on any atom is 0.276 e. The summed E-state index contributed by atoms with van der Waals surface area (Å²) < 4.78 is 8.56. The zero-order valence-electron chi connectivity index (χ0n) is 17.2. The Kier molecular flexibility index (Phi) is 6.07. The highest BCUT2D eigenvalue weighted by molar-refractivity contribution is 5.75. The van der Waals surface area contributed by atoms with Gasteiger partial charge in [-0.15, -0.1) is 0 Å². The van der Waals surface area contributed by atoms with Crippen molar-refractivity contribution in [1.82, 2.24) is 24.5 Å². The minimum Gasteiger partial charge on any atom is -0.494 e. The van der Waals surface area contributed by atoms with Crippen molar-refractivity contribution < 1.29 is 9.53 Å². The van der Waals surface area contributed by atoms with Crippen molar-refractivity contribution in [3.63, 3.8) is 0 Å². The number of carbonyl (C=O) groups is 1. The monoisotopic (exact) mass is 417 g/mol. The van der Waals surface area contributed by atoms with Gasteiger partial charge in [-0.2, -0.15) is 5.10 Å². The zero-order valence-corrected chi connectivity index (χ0v) is 17.2. The lowest BCUT2D eigenvalue weighted by Crippen LogP contribution is -2.27. The fraction of sp³-hybridized carbons (Fsp3) is 0.217. The molecule has 0 radical (unpaired) electrons. The van der Waals surface area contributed by atoms with Crippen LogP contribution in [0.1, 0.15) is 18.9 Å². The van der Waals surface area contributed by atoms with Gasteiger partial charge in [0.15, 0.2) is 0 Å². The van der Waals surface area contributed by atoms with Crippen LogP contribution in [0.25, 0.3) is 16.8 Å². The van der Waals surface area contributed by atoms with E-state index in [0.29, 0.717) is 30.9 Å². The minimum absolute atomic E-state index is 0.118. The van der Waals surface area contributed by atoms with E-state index in [-0.39, 0.29) is 17.9 Å². The Morgan fingerprint density at radius 3 is 2.61 bits per heavy atom. The lowest BCUT2D eigenvalue weighted by Gasteiger charge is -2.07. The van der Waals surface area contributed by atoms with E-state index in [1.54, 1.807) is 35.4 Å². The molecule has 3 heterocycles. The van der Waals surface area contributed by atoms with Gasteiger partial charge < -0.3 is 14.6 Å². The number of aryl methyl sites for hydroxylation is 1. The number of carbonyl (C=O) groups excluding carboxylic acids is 1. The summed E-state index contributed by atoms with van der Waals surface area (Å²) in [4.78, 5) is 29.0. The van der Waals surface area contributed by atoms with Gasteiger partial charge in [0.25, 0.3) is 5.56 Å². The Balaban J connectivity index is 1.44. The summed E-state index contributed by atoms with van der Waals surface area (Å²) in [5, 5.41) is 7.35. The van der Waals surface area contributed by atoms with E-state index in [9.17, 15) is 9.59 Å². The van der Waals surface area contributed by atoms with Crippen molar-refractivity contribution in [2.75, 3.05) is 6.61 Å². The Morgan fingerprint density at radius 2 is 1.87 bits per heavy atom. The van der Waals surface area contributed by atoms with Crippen molar-refractivity contribution in [3.8, 4) is 17.0 Å². The minimum atomic E-state index is -0.186. The molecule has 4 rings (SSSR count). The molecule has 0 unspecified atom stereocenters. The number of rotatable bonds is 8. The average molecular weight is 417 g/mol. The fourth-order valence-electron chi connectivity index (χ4n) is 3.24. The van der Waals surface area contributed by atoms with Crippen LogP contribution in [0.2, 0.25) is 0 Å². The van der Waals surface area contributed by atoms with Crippen LogP contribution in [-0.4, -0.2) is 31.7 Å². The van der Waals surface area contributed by atoms with Crippen LogP contribution in [0, 0.1) is 0 Å². The predicted octanol–water partition coefficient (Wildman–Crippen LogP) is 2.66. The van der Waals surface area contributed by atoms with Gasteiger partial charge in [-0.25, -0.2) is 4.52 Å². The number of nitrogens with one attached hydrogen (secondary N) is 1. The van der Waals surface area contributed by atoms with E-state index < -0.39 is 0 Å². The van der Waals surface area contributed by atoms with Gasteiger partial charge >= 0.3 is 0 Å². The van der Waals surface area contributed by atoms with E-state index >= 15 is 0 Å². The van der Waals surface area contributed by atoms with Gasteiger partial charge in [0.2, 0.25) is 5.91 Å². The number of pyridine rings is 1. The standard InChI is InChI=1S/C23H23N5O3/c1-2-31-19-5-3-18(4-6-19)20-15-21-23(30)27(13-14-28(21)26-20)12-9-22(29)25-16-17-7-10-24-11-8-17/h3-8,10-11,13-15H,2,9,12,16H2,1H3,(H,25,29). The second kappa shape index (κ2) is 9.25. The first-order valence-corrected chi connectivity index (χ1v) is 10.1. The van der Waals surface area contributed by atoms with E-state index in [1.807, 2.05) is 43.3 Å². The van der Waals surface area contributed by atoms with Crippen LogP contribution >= 0.6 is 0 Å². The number of benzene rings is 1. The normalized spacial score (nSPS) is 10.9. The first kappa shape index (κ1) is 20.3. The molecule has 1 N–H and O–H groups in total. The molecule has 0 bridgehead atoms. The van der Waals surface area contributed by atoms with Crippen molar-refractivity contribution >= 4 is 11.4 Å². The summed E-state index contributed by atoms with van der Waals surface area (Å²) in [6.45, 7) is 3.27. The third-order valence-electron chi connectivity index (χ3n) is 4.88. The molecule has 158 valence electrons. The molecule has 0 aliphatic carbocycles. The maximum absolute atomic E-state index is 12.8. The average Bonchev–Trinajstić information content (AvgIpc) is 3.24. The summed E-state index contributed by atoms with van der Waals surface area (Å²) in [6, 6.07) is 13.0. The highest BCUT2D eigenvalue weighted by atomic mass is 16.5. The largest absolute Gasteiger partial charge is 0.494 e. The summed E-state index contributed by atoms with van der Waals surface area (Å²) in [6.07, 6.45) is 6.96. The number of hydrogen-bond acceptors (Lipinski definition) is 5. The van der Waals surface area contributed by atoms with Crippen LogP contribution < -0.4 is 15.6 Å². The smallest absolute Gasteiger partial charge is 0.276 e. The Hall–Kier alpha value is -3.94. The summed E-state index contributed by atoms with van der Waals surface area (Å²) in [5.74, 6) is 0.673. The Labute approximate surface area is 179 Å². The first-order chi connectivity index (χ1) is 15.1. The quantitative estimate of drug-likeness (QED) is 0.476. The molecule has 1 amide bonds. The Bertz CT molecular complexity index is 1230. The number of aromatic nitrogens is 4. The third kappa shape index (κ3) is 4.80. The van der Waals surface area contributed by atoms with Crippen molar-refractivity contribution in [2.45, 2.75) is 26.4 Å². The molecule has 8 heteroatoms. The number of amides is 1. The van der Waals surface area contributed by atoms with Crippen molar-refractivity contribution in [3.05, 3.63) is 83.2 Å². The third-order valence-corrected chi connectivity index (χ3v) is 4.88. The zero-order chi connectivity index (χ0) is 21.6. The molecule has 1 aromatic carbocycles. The molecule has 0 aliphatic heterocycles. The molecular formula is C23H23N5O3. The number of fused-ring (bicyclic) bond motifs is 1. The summed E-state index contributed by atoms with van der Waals surface area (Å²) in [5.41, 5.74) is 2.85. The lowest BCUT2D eigenvalue weighted by atomic mass is 10.1. The van der Waals surface area contributed by atoms with E-state index in [4.69, 9.17) is 4.74 Å². The summed E-state index contributed by atoms with van der Waals surface area (Å²) >= 11 is 0. The van der Waals surface area contributed by atoms with Crippen LogP contribution in [0.5, 0.6) is 5.75 Å². The fourth-order valence-corrected chi connectivity index (χ4v) is 3.24. The van der Waals surface area contributed by atoms with Crippen molar-refractivity contribution in [2.24, 2.45) is 0 Å². The van der Waals surface area contributed by atoms with Crippen LogP contribution in [0.3, 0.4) is 0 Å². The van der Waals surface area contributed by atoms with Gasteiger partial charge in [-0.3, -0.25) is 14.6 Å². The Morgan fingerprint density at radius 1 is 1.10 bits per heavy atom. The molecule has 0 aliphatic rings. The molecule has 4 aromatic rings. The van der Waals surface area contributed by atoms with E-state index in [1.165, 1.54) is 4.57 Å². The highest BCUT2D eigenvalue weighted by Gasteiger charge is 2.10. The van der Waals surface area contributed by atoms with Gasteiger partial charge in [0.1, 0.15) is 11.3 Å². The predicted molar refractivity (Wildman–Crippen MR) is 117 cm³/mol. The van der Waals surface area contributed by atoms with Crippen LogP contribution in [0.15, 0.2) is 72.0 Å². The molecule has 0 saturated heterocycles. The van der Waals surface area contributed by atoms with Gasteiger partial charge in [-0.05, 0) is 55.0 Å². The van der Waals surface area contributed by atoms with E-state index in [2.05, 4.69) is 15.4 Å². The first-order valence-electron chi connectivity index (χ1n) is 10.1. The second-order valence-corrected chi connectivity index (χ2v) is 7.00. The second-order valence-electron chi connectivity index (χ2n) is 7.00.